The Hall–Kier alpha value is -2.97. The van der Waals surface area contributed by atoms with Crippen LogP contribution in [0.5, 0.6) is 0 Å². The van der Waals surface area contributed by atoms with Crippen molar-refractivity contribution in [1.82, 2.24) is 4.90 Å². The Morgan fingerprint density at radius 3 is 2.43 bits per heavy atom. The fourth-order valence-corrected chi connectivity index (χ4v) is 3.96. The molecule has 0 unspecified atom stereocenters. The number of nitrogens with zero attached hydrogens (tertiary/aromatic N) is 1. The molecule has 1 N–H and O–H groups in total. The average Bonchev–Trinajstić information content (AvgIpc) is 3.36. The van der Waals surface area contributed by atoms with Crippen molar-refractivity contribution >= 4 is 45.5 Å². The maximum atomic E-state index is 12.8. The lowest BCUT2D eigenvalue weighted by molar-refractivity contribution is -0.131. The summed E-state index contributed by atoms with van der Waals surface area (Å²) >= 11 is 2.55. The van der Waals surface area contributed by atoms with Crippen molar-refractivity contribution < 1.29 is 19.1 Å². The van der Waals surface area contributed by atoms with Gasteiger partial charge < -0.3 is 15.0 Å². The smallest absolute Gasteiger partial charge is 0.342 e. The van der Waals surface area contributed by atoms with Crippen LogP contribution in [0.3, 0.4) is 0 Å². The summed E-state index contributed by atoms with van der Waals surface area (Å²) in [7, 11) is 3.17. The molecule has 1 aromatic carbocycles. The number of nitrogens with one attached hydrogen (secondary N) is 1. The van der Waals surface area contributed by atoms with Crippen molar-refractivity contribution in [2.45, 2.75) is 0 Å². The number of carbonyl (C=O) groups is 3. The highest BCUT2D eigenvalue weighted by molar-refractivity contribution is 7.15. The van der Waals surface area contributed by atoms with E-state index in [2.05, 4.69) is 5.32 Å². The number of anilines is 1. The van der Waals surface area contributed by atoms with Gasteiger partial charge in [-0.3, -0.25) is 9.59 Å². The zero-order valence-corrected chi connectivity index (χ0v) is 16.9. The van der Waals surface area contributed by atoms with Crippen LogP contribution in [0.4, 0.5) is 5.00 Å². The molecule has 6 nitrogen and oxygen atoms in total. The first kappa shape index (κ1) is 19.8. The molecule has 0 aliphatic heterocycles. The van der Waals surface area contributed by atoms with Gasteiger partial charge in [-0.15, -0.1) is 22.7 Å². The van der Waals surface area contributed by atoms with E-state index in [1.54, 1.807) is 37.0 Å². The molecule has 0 bridgehead atoms. The van der Waals surface area contributed by atoms with Crippen molar-refractivity contribution in [1.29, 1.82) is 0 Å². The summed E-state index contributed by atoms with van der Waals surface area (Å²) in [5.74, 6) is -1.28. The minimum atomic E-state index is -0.656. The van der Waals surface area contributed by atoms with Crippen molar-refractivity contribution in [3.63, 3.8) is 0 Å². The summed E-state index contributed by atoms with van der Waals surface area (Å²) in [6.07, 6.45) is 0. The van der Waals surface area contributed by atoms with Crippen molar-refractivity contribution in [2.75, 3.05) is 26.0 Å². The first-order valence-electron chi connectivity index (χ1n) is 8.36. The molecule has 0 aliphatic rings. The summed E-state index contributed by atoms with van der Waals surface area (Å²) in [6, 6.07) is 12.8. The Kier molecular flexibility index (Phi) is 6.23. The maximum Gasteiger partial charge on any atom is 0.342 e. The predicted octanol–water partition coefficient (Wildman–Crippen LogP) is 3.97. The normalized spacial score (nSPS) is 10.4. The Morgan fingerprint density at radius 2 is 1.79 bits per heavy atom. The number of thiophene rings is 2. The van der Waals surface area contributed by atoms with Crippen LogP contribution in [0.15, 0.2) is 53.2 Å². The van der Waals surface area contributed by atoms with Crippen molar-refractivity contribution in [2.24, 2.45) is 0 Å². The van der Waals surface area contributed by atoms with Crippen LogP contribution in [0.25, 0.3) is 11.1 Å². The first-order valence-corrected chi connectivity index (χ1v) is 10.1. The van der Waals surface area contributed by atoms with Gasteiger partial charge in [0.2, 0.25) is 0 Å². The van der Waals surface area contributed by atoms with Gasteiger partial charge >= 0.3 is 5.97 Å². The van der Waals surface area contributed by atoms with Gasteiger partial charge in [0.25, 0.3) is 11.8 Å². The van der Waals surface area contributed by atoms with Crippen molar-refractivity contribution in [3.8, 4) is 11.1 Å². The summed E-state index contributed by atoms with van der Waals surface area (Å²) in [5.41, 5.74) is 1.71. The molecule has 0 radical (unpaired) electrons. The third-order valence-corrected chi connectivity index (χ3v) is 5.64. The number of likely N-dealkylation sites (N-methyl/N-ethyl adjacent to an activating group) is 1. The number of ether oxygens (including phenoxy) is 1. The van der Waals surface area contributed by atoms with E-state index in [0.29, 0.717) is 15.4 Å². The van der Waals surface area contributed by atoms with E-state index in [1.807, 2.05) is 30.3 Å². The van der Waals surface area contributed by atoms with Gasteiger partial charge in [0.15, 0.2) is 6.61 Å². The Morgan fingerprint density at radius 1 is 1.04 bits per heavy atom. The highest BCUT2D eigenvalue weighted by Crippen LogP contribution is 2.36. The van der Waals surface area contributed by atoms with Gasteiger partial charge in [-0.2, -0.15) is 0 Å². The number of amides is 2. The quantitative estimate of drug-likeness (QED) is 0.619. The van der Waals surface area contributed by atoms with E-state index in [1.165, 1.54) is 27.6 Å². The summed E-state index contributed by atoms with van der Waals surface area (Å²) in [4.78, 5) is 38.9. The Labute approximate surface area is 170 Å². The standard InChI is InChI=1S/C20H18N2O4S2/c1-22(2)16(23)11-26-20(25)17-14(13-7-4-3-5-8-13)12-28-19(17)21-18(24)15-9-6-10-27-15/h3-10,12H,11H2,1-2H3,(H,21,24). The summed E-state index contributed by atoms with van der Waals surface area (Å²) in [5, 5.41) is 6.78. The molecule has 2 aromatic heterocycles. The third kappa shape index (κ3) is 4.47. The minimum Gasteiger partial charge on any atom is -0.452 e. The molecule has 2 heterocycles. The fraction of sp³-hybridized carbons (Fsp3) is 0.150. The number of esters is 1. The molecule has 0 aliphatic carbocycles. The molecule has 0 fully saturated rings. The van der Waals surface area contributed by atoms with Gasteiger partial charge in [0.1, 0.15) is 10.6 Å². The van der Waals surface area contributed by atoms with Gasteiger partial charge in [-0.1, -0.05) is 36.4 Å². The van der Waals surface area contributed by atoms with Crippen LogP contribution in [-0.4, -0.2) is 43.4 Å². The molecule has 28 heavy (non-hydrogen) atoms. The lowest BCUT2D eigenvalue weighted by atomic mass is 10.0. The van der Waals surface area contributed by atoms with Crippen LogP contribution in [0.1, 0.15) is 20.0 Å². The largest absolute Gasteiger partial charge is 0.452 e. The molecule has 8 heteroatoms. The molecule has 2 amide bonds. The van der Waals surface area contributed by atoms with Gasteiger partial charge in [0.05, 0.1) is 4.88 Å². The third-order valence-electron chi connectivity index (χ3n) is 3.88. The number of hydrogen-bond donors (Lipinski definition) is 1. The predicted molar refractivity (Wildman–Crippen MR) is 111 cm³/mol. The van der Waals surface area contributed by atoms with Gasteiger partial charge in [-0.25, -0.2) is 4.79 Å². The average molecular weight is 415 g/mol. The topological polar surface area (TPSA) is 75.7 Å². The minimum absolute atomic E-state index is 0.243. The van der Waals surface area contributed by atoms with Gasteiger partial charge in [0, 0.05) is 25.0 Å². The number of benzene rings is 1. The van der Waals surface area contributed by atoms with Crippen LogP contribution in [-0.2, 0) is 9.53 Å². The lowest BCUT2D eigenvalue weighted by Gasteiger charge is -2.12. The fourth-order valence-electron chi connectivity index (χ4n) is 2.38. The zero-order valence-electron chi connectivity index (χ0n) is 15.3. The molecule has 0 saturated carbocycles. The maximum absolute atomic E-state index is 12.8. The monoisotopic (exact) mass is 414 g/mol. The van der Waals surface area contributed by atoms with Crippen LogP contribution in [0.2, 0.25) is 0 Å². The second-order valence-corrected chi connectivity index (χ2v) is 7.84. The first-order chi connectivity index (χ1) is 13.5. The molecule has 3 aromatic rings. The Balaban J connectivity index is 1.91. The molecule has 0 spiro atoms. The number of rotatable bonds is 6. The molecule has 0 saturated heterocycles. The second kappa shape index (κ2) is 8.81. The molecule has 144 valence electrons. The summed E-state index contributed by atoms with van der Waals surface area (Å²) in [6.45, 7) is -0.367. The van der Waals surface area contributed by atoms with Gasteiger partial charge in [-0.05, 0) is 17.0 Å². The molecule has 3 rings (SSSR count). The van der Waals surface area contributed by atoms with E-state index in [9.17, 15) is 14.4 Å². The van der Waals surface area contributed by atoms with Crippen molar-refractivity contribution in [3.05, 3.63) is 63.7 Å². The SMILES string of the molecule is CN(C)C(=O)COC(=O)c1c(-c2ccccc2)csc1NC(=O)c1cccs1. The second-order valence-electron chi connectivity index (χ2n) is 6.02. The van der Waals surface area contributed by atoms with E-state index in [4.69, 9.17) is 4.74 Å². The van der Waals surface area contributed by atoms with E-state index < -0.39 is 5.97 Å². The Bertz CT molecular complexity index is 979. The molecular weight excluding hydrogens is 396 g/mol. The van der Waals surface area contributed by atoms with Crippen LogP contribution < -0.4 is 5.32 Å². The van der Waals surface area contributed by atoms with E-state index in [-0.39, 0.29) is 24.0 Å². The zero-order chi connectivity index (χ0) is 20.1. The highest BCUT2D eigenvalue weighted by Gasteiger charge is 2.24. The van der Waals surface area contributed by atoms with Crippen LogP contribution >= 0.6 is 22.7 Å². The highest BCUT2D eigenvalue weighted by atomic mass is 32.1. The number of hydrogen-bond acceptors (Lipinski definition) is 6. The number of carbonyl (C=O) groups excluding carboxylic acids is 3. The van der Waals surface area contributed by atoms with E-state index in [0.717, 1.165) is 5.56 Å². The lowest BCUT2D eigenvalue weighted by Crippen LogP contribution is -2.27. The van der Waals surface area contributed by atoms with Crippen LogP contribution in [0, 0.1) is 0 Å². The van der Waals surface area contributed by atoms with E-state index >= 15 is 0 Å². The molecular formula is C20H18N2O4S2. The summed E-state index contributed by atoms with van der Waals surface area (Å²) < 4.78 is 5.21. The molecule has 0 atom stereocenters.